The van der Waals surface area contributed by atoms with Crippen molar-refractivity contribution in [1.29, 1.82) is 5.53 Å². The molecule has 0 heterocycles. The Labute approximate surface area is 57.7 Å². The summed E-state index contributed by atoms with van der Waals surface area (Å²) in [4.78, 5) is 18.5. The molecule has 0 aliphatic heterocycles. The summed E-state index contributed by atoms with van der Waals surface area (Å²) in [6, 6.07) is 0. The van der Waals surface area contributed by atoms with Crippen molar-refractivity contribution in [3.63, 3.8) is 0 Å². The van der Waals surface area contributed by atoms with Gasteiger partial charge in [-0.05, 0) is 6.92 Å². The van der Waals surface area contributed by atoms with Crippen LogP contribution in [0.15, 0.2) is 5.11 Å². The van der Waals surface area contributed by atoms with Crippen LogP contribution >= 0.6 is 8.25 Å². The second-order valence-corrected chi connectivity index (χ2v) is 2.24. The Bertz CT molecular complexity index is 170. The van der Waals surface area contributed by atoms with Crippen molar-refractivity contribution in [3.8, 4) is 0 Å². The van der Waals surface area contributed by atoms with E-state index in [0.29, 0.717) is 0 Å². The van der Waals surface area contributed by atoms with Crippen LogP contribution in [0.2, 0.25) is 0 Å². The zero-order valence-corrected chi connectivity index (χ0v) is 6.20. The molecule has 2 N–H and O–H groups in total. The molecule has 0 fully saturated rings. The number of rotatable bonds is 4. The van der Waals surface area contributed by atoms with Crippen LogP contribution in [0, 0.1) is 5.53 Å². The lowest BCUT2D eigenvalue weighted by atomic mass is 10.4. The van der Waals surface area contributed by atoms with Gasteiger partial charge >= 0.3 is 8.25 Å². The van der Waals surface area contributed by atoms with Gasteiger partial charge in [-0.25, -0.2) is 5.53 Å². The number of hydrogen-bond donors (Lipinski definition) is 2. The predicted molar refractivity (Wildman–Crippen MR) is 31.9 cm³/mol. The summed E-state index contributed by atoms with van der Waals surface area (Å²) in [6.45, 7) is 1.12. The topological polar surface area (TPSA) is 99.8 Å². The highest BCUT2D eigenvalue weighted by atomic mass is 31.1. The van der Waals surface area contributed by atoms with Gasteiger partial charge in [-0.15, -0.1) is 0 Å². The summed E-state index contributed by atoms with van der Waals surface area (Å²) in [5, 5.41) is 2.67. The fourth-order valence-corrected chi connectivity index (χ4v) is 0.705. The van der Waals surface area contributed by atoms with Crippen molar-refractivity contribution in [2.75, 3.05) is 0 Å². The fraction of sp³-hybridized carbons (Fsp3) is 0.667. The number of nitrogens with zero attached hydrogens (tertiary/aromatic N) is 1. The number of hydrogen-bond acceptors (Lipinski definition) is 5. The molecule has 0 aliphatic rings. The van der Waals surface area contributed by atoms with E-state index in [4.69, 9.17) is 10.4 Å². The standard InChI is InChI=1S/C3H7N2O4P/c1-2(6)3(5-4)9-10(7)8/h3-4,10H,1H3,(H,7,8). The van der Waals surface area contributed by atoms with Gasteiger partial charge in [-0.3, -0.25) is 13.9 Å². The van der Waals surface area contributed by atoms with Crippen molar-refractivity contribution < 1.29 is 18.8 Å². The minimum absolute atomic E-state index is 0.567. The van der Waals surface area contributed by atoms with E-state index in [2.05, 4.69) is 9.64 Å². The molecule has 0 aromatic rings. The summed E-state index contributed by atoms with van der Waals surface area (Å²) < 4.78 is 14.0. The zero-order chi connectivity index (χ0) is 8.15. The Balaban J connectivity index is 3.96. The summed E-state index contributed by atoms with van der Waals surface area (Å²) >= 11 is 0. The van der Waals surface area contributed by atoms with E-state index in [1.165, 1.54) is 0 Å². The fourth-order valence-electron chi connectivity index (χ4n) is 0.296. The number of carbonyl (C=O) groups excluding carboxylic acids is 1. The van der Waals surface area contributed by atoms with Gasteiger partial charge in [0.15, 0.2) is 5.78 Å². The van der Waals surface area contributed by atoms with Gasteiger partial charge in [0, 0.05) is 0 Å². The minimum Gasteiger partial charge on any atom is -0.326 e. The number of ketones is 1. The van der Waals surface area contributed by atoms with Crippen LogP contribution in [0.1, 0.15) is 6.92 Å². The second kappa shape index (κ2) is 4.27. The van der Waals surface area contributed by atoms with E-state index in [0.717, 1.165) is 6.92 Å². The lowest BCUT2D eigenvalue weighted by Gasteiger charge is -2.03. The van der Waals surface area contributed by atoms with Crippen LogP contribution in [0.25, 0.3) is 0 Å². The van der Waals surface area contributed by atoms with E-state index >= 15 is 0 Å². The normalized spacial score (nSPS) is 15.8. The van der Waals surface area contributed by atoms with Crippen LogP contribution in [-0.4, -0.2) is 16.9 Å². The van der Waals surface area contributed by atoms with Gasteiger partial charge in [0.05, 0.1) is 0 Å². The summed E-state index contributed by atoms with van der Waals surface area (Å²) in [6.07, 6.45) is -1.42. The van der Waals surface area contributed by atoms with E-state index < -0.39 is 20.3 Å². The third-order valence-electron chi connectivity index (χ3n) is 0.677. The van der Waals surface area contributed by atoms with Crippen LogP contribution in [0.5, 0.6) is 0 Å². The lowest BCUT2D eigenvalue weighted by Crippen LogP contribution is -2.14. The van der Waals surface area contributed by atoms with Crippen molar-refractivity contribution in [3.05, 3.63) is 0 Å². The smallest absolute Gasteiger partial charge is 0.318 e. The highest BCUT2D eigenvalue weighted by molar-refractivity contribution is 7.32. The summed E-state index contributed by atoms with van der Waals surface area (Å²) in [5.41, 5.74) is 6.33. The molecule has 0 saturated carbocycles. The molecule has 10 heavy (non-hydrogen) atoms. The van der Waals surface area contributed by atoms with Gasteiger partial charge in [0.25, 0.3) is 0 Å². The number of Topliss-reactive ketones (excluding diaryl/α,β-unsaturated/α-hetero) is 1. The number of carbonyl (C=O) groups is 1. The first-order chi connectivity index (χ1) is 4.57. The predicted octanol–water partition coefficient (Wildman–Crippen LogP) is 0.331. The molecule has 0 radical (unpaired) electrons. The third-order valence-corrected chi connectivity index (χ3v) is 1.10. The molecule has 2 atom stereocenters. The second-order valence-electron chi connectivity index (χ2n) is 1.48. The van der Waals surface area contributed by atoms with Gasteiger partial charge in [0.1, 0.15) is 0 Å². The largest absolute Gasteiger partial charge is 0.326 e. The average molecular weight is 166 g/mol. The van der Waals surface area contributed by atoms with Gasteiger partial charge in [0.2, 0.25) is 6.23 Å². The Kier molecular flexibility index (Phi) is 4.02. The highest BCUT2D eigenvalue weighted by Gasteiger charge is 2.14. The summed E-state index contributed by atoms with van der Waals surface area (Å²) in [7, 11) is -3.17. The quantitative estimate of drug-likeness (QED) is 0.464. The van der Waals surface area contributed by atoms with Crippen LogP contribution in [-0.2, 0) is 13.9 Å². The maximum Gasteiger partial charge on any atom is 0.318 e. The summed E-state index contributed by atoms with van der Waals surface area (Å²) in [5.74, 6) is -0.567. The Hall–Kier alpha value is -0.580. The first-order valence-corrected chi connectivity index (χ1v) is 3.61. The molecular formula is C3H7N2O4P. The monoisotopic (exact) mass is 166 g/mol. The zero-order valence-electron chi connectivity index (χ0n) is 5.20. The molecular weight excluding hydrogens is 159 g/mol. The maximum absolute atomic E-state index is 10.3. The molecule has 0 bridgehead atoms. The van der Waals surface area contributed by atoms with E-state index in [1.807, 2.05) is 0 Å². The molecule has 0 rings (SSSR count). The van der Waals surface area contributed by atoms with Crippen LogP contribution in [0.4, 0.5) is 0 Å². The van der Waals surface area contributed by atoms with Gasteiger partial charge < -0.3 is 4.89 Å². The van der Waals surface area contributed by atoms with Gasteiger partial charge in [-0.1, -0.05) is 0 Å². The first kappa shape index (κ1) is 9.42. The van der Waals surface area contributed by atoms with Crippen LogP contribution in [0.3, 0.4) is 0 Å². The molecule has 0 amide bonds. The SMILES string of the molecule is CC(=O)C(N=N)O[PH](=O)O. The van der Waals surface area contributed by atoms with Crippen LogP contribution < -0.4 is 0 Å². The van der Waals surface area contributed by atoms with E-state index in [9.17, 15) is 9.36 Å². The molecule has 0 saturated heterocycles. The Morgan fingerprint density at radius 1 is 1.90 bits per heavy atom. The molecule has 0 aliphatic carbocycles. The van der Waals surface area contributed by atoms with Gasteiger partial charge in [-0.2, -0.15) is 5.11 Å². The molecule has 58 valence electrons. The average Bonchev–Trinajstić information content (AvgIpc) is 1.81. The highest BCUT2D eigenvalue weighted by Crippen LogP contribution is 2.18. The van der Waals surface area contributed by atoms with Crippen molar-refractivity contribution in [2.45, 2.75) is 13.2 Å². The Morgan fingerprint density at radius 3 is 2.50 bits per heavy atom. The third kappa shape index (κ3) is 3.45. The first-order valence-electron chi connectivity index (χ1n) is 2.34. The molecule has 0 spiro atoms. The number of nitrogens with one attached hydrogen (secondary N) is 1. The minimum atomic E-state index is -3.17. The van der Waals surface area contributed by atoms with E-state index in [1.54, 1.807) is 0 Å². The maximum atomic E-state index is 10.3. The van der Waals surface area contributed by atoms with Crippen molar-refractivity contribution in [2.24, 2.45) is 5.11 Å². The molecule has 7 heteroatoms. The molecule has 0 aromatic heterocycles. The Morgan fingerprint density at radius 2 is 2.40 bits per heavy atom. The molecule has 6 nitrogen and oxygen atoms in total. The molecule has 2 unspecified atom stereocenters. The van der Waals surface area contributed by atoms with Crippen molar-refractivity contribution >= 4 is 14.0 Å². The van der Waals surface area contributed by atoms with E-state index in [-0.39, 0.29) is 0 Å². The lowest BCUT2D eigenvalue weighted by molar-refractivity contribution is -0.123. The molecule has 0 aromatic carbocycles. The van der Waals surface area contributed by atoms with Crippen molar-refractivity contribution in [1.82, 2.24) is 0 Å².